The highest BCUT2D eigenvalue weighted by atomic mass is 32.2. The van der Waals surface area contributed by atoms with E-state index in [1.54, 1.807) is 18.6 Å². The van der Waals surface area contributed by atoms with Gasteiger partial charge in [0, 0.05) is 53.0 Å². The van der Waals surface area contributed by atoms with Gasteiger partial charge in [-0.2, -0.15) is 9.61 Å². The highest BCUT2D eigenvalue weighted by Crippen LogP contribution is 2.45. The van der Waals surface area contributed by atoms with Crippen molar-refractivity contribution >= 4 is 32.8 Å². The van der Waals surface area contributed by atoms with E-state index in [-0.39, 0.29) is 22.7 Å². The fourth-order valence-corrected chi connectivity index (χ4v) is 7.31. The summed E-state index contributed by atoms with van der Waals surface area (Å²) in [6.45, 7) is 0. The highest BCUT2D eigenvalue weighted by Gasteiger charge is 2.37. The molecule has 0 unspecified atom stereocenters. The average molecular weight is 579 g/mol. The molecule has 0 aliphatic carbocycles. The lowest BCUT2D eigenvalue weighted by molar-refractivity contribution is 0.540. The molecule has 10 nitrogen and oxygen atoms in total. The van der Waals surface area contributed by atoms with Crippen LogP contribution < -0.4 is 16.4 Å². The van der Waals surface area contributed by atoms with Gasteiger partial charge in [-0.3, -0.25) is 4.98 Å². The molecule has 7 rings (SSSR count). The molecule has 212 valence electrons. The molecule has 2 atom stereocenters. The van der Waals surface area contributed by atoms with Gasteiger partial charge >= 0.3 is 0 Å². The van der Waals surface area contributed by atoms with Crippen molar-refractivity contribution in [3.63, 3.8) is 0 Å². The minimum absolute atomic E-state index is 0.0366. The van der Waals surface area contributed by atoms with Crippen LogP contribution in [-0.2, 0) is 9.84 Å². The molecular formula is C31H30N8O2S. The number of nitrogens with two attached hydrogens (primary N) is 2. The normalized spacial score (nSPS) is 18.7. The Morgan fingerprint density at radius 3 is 2.50 bits per heavy atom. The first kappa shape index (κ1) is 26.1. The van der Waals surface area contributed by atoms with Crippen LogP contribution in [0.3, 0.4) is 0 Å². The second kappa shape index (κ2) is 9.95. The van der Waals surface area contributed by atoms with Crippen LogP contribution in [0, 0.1) is 0 Å². The van der Waals surface area contributed by atoms with Gasteiger partial charge in [0.2, 0.25) is 0 Å². The predicted molar refractivity (Wildman–Crippen MR) is 163 cm³/mol. The van der Waals surface area contributed by atoms with E-state index in [0.717, 1.165) is 53.2 Å². The molecule has 4 N–H and O–H groups in total. The number of benzene rings is 1. The molecule has 2 aliphatic heterocycles. The quantitative estimate of drug-likeness (QED) is 0.299. The van der Waals surface area contributed by atoms with Crippen LogP contribution in [0.1, 0.15) is 37.3 Å². The van der Waals surface area contributed by atoms with Crippen molar-refractivity contribution in [2.75, 3.05) is 22.6 Å². The summed E-state index contributed by atoms with van der Waals surface area (Å²) < 4.78 is 27.7. The number of hydrogen-bond acceptors (Lipinski definition) is 9. The van der Waals surface area contributed by atoms with Gasteiger partial charge in [-0.1, -0.05) is 42.5 Å². The van der Waals surface area contributed by atoms with Crippen LogP contribution in [-0.4, -0.2) is 45.3 Å². The van der Waals surface area contributed by atoms with Gasteiger partial charge in [0.25, 0.3) is 0 Å². The Balaban J connectivity index is 1.32. The highest BCUT2D eigenvalue weighted by molar-refractivity contribution is 7.91. The Labute approximate surface area is 243 Å². The lowest BCUT2D eigenvalue weighted by atomic mass is 9.91. The van der Waals surface area contributed by atoms with Gasteiger partial charge in [0.1, 0.15) is 10.7 Å². The first-order valence-electron chi connectivity index (χ1n) is 13.9. The number of hydrogen-bond donors (Lipinski definition) is 2. The molecule has 2 bridgehead atoms. The first-order valence-corrected chi connectivity index (χ1v) is 15.8. The van der Waals surface area contributed by atoms with E-state index in [1.807, 2.05) is 54.6 Å². The third-order valence-corrected chi connectivity index (χ3v) is 9.37. The molecule has 1 saturated heterocycles. The molecule has 5 aromatic rings. The number of rotatable bonds is 5. The zero-order valence-corrected chi connectivity index (χ0v) is 23.9. The summed E-state index contributed by atoms with van der Waals surface area (Å²) in [4.78, 5) is 16.5. The summed E-state index contributed by atoms with van der Waals surface area (Å²) in [6.07, 6.45) is 11.6. The Morgan fingerprint density at radius 1 is 0.929 bits per heavy atom. The molecule has 1 aromatic carbocycles. The van der Waals surface area contributed by atoms with Gasteiger partial charge in [-0.25, -0.2) is 18.4 Å². The van der Waals surface area contributed by atoms with E-state index < -0.39 is 9.84 Å². The predicted octanol–water partition coefficient (Wildman–Crippen LogP) is 4.85. The van der Waals surface area contributed by atoms with Gasteiger partial charge in [0.05, 0.1) is 23.3 Å². The van der Waals surface area contributed by atoms with E-state index in [1.165, 1.54) is 10.8 Å². The molecule has 0 amide bonds. The number of anilines is 3. The molecule has 4 aromatic heterocycles. The fourth-order valence-electron chi connectivity index (χ4n) is 6.25. The summed E-state index contributed by atoms with van der Waals surface area (Å²) in [7, 11) is -3.72. The van der Waals surface area contributed by atoms with Crippen LogP contribution >= 0.6 is 0 Å². The van der Waals surface area contributed by atoms with E-state index in [9.17, 15) is 8.42 Å². The van der Waals surface area contributed by atoms with Gasteiger partial charge in [0.15, 0.2) is 21.3 Å². The van der Waals surface area contributed by atoms with Crippen LogP contribution in [0.4, 0.5) is 17.3 Å². The van der Waals surface area contributed by atoms with Gasteiger partial charge < -0.3 is 16.4 Å². The Hall–Kier alpha value is -4.77. The lowest BCUT2D eigenvalue weighted by Crippen LogP contribution is -2.29. The standard InChI is InChI=1S/C31H30N8O2S/c1-42(40,41)28-27(20-9-11-22-12-13-23(16-20)38(22)31-25(32)8-5-15-34-31)37-30-24(18-36-39(30)29(28)33)21-10-14-26(35-17-21)19-6-3-2-4-7-19/h2-8,10,13-15,17-18,20,22H,9,11-12,16,32-33H2,1H3/t20-,22-/m0/s1. The number of fused-ring (bicyclic) bond motifs is 3. The van der Waals surface area contributed by atoms with Crippen molar-refractivity contribution in [3.05, 3.63) is 90.7 Å². The van der Waals surface area contributed by atoms with Crippen molar-refractivity contribution in [2.45, 2.75) is 42.5 Å². The SMILES string of the molecule is CS(=O)(=O)c1c([C@H]2CC[C@H]3CC=C(C2)N3c2ncccc2N)nc2c(-c3ccc(-c4ccccc4)nc3)cnn2c1N. The third-order valence-electron chi connectivity index (χ3n) is 8.21. The van der Waals surface area contributed by atoms with Gasteiger partial charge in [-0.15, -0.1) is 0 Å². The second-order valence-electron chi connectivity index (χ2n) is 10.9. The number of allylic oxidation sites excluding steroid dienone is 1. The van der Waals surface area contributed by atoms with Crippen molar-refractivity contribution < 1.29 is 8.42 Å². The van der Waals surface area contributed by atoms with Crippen LogP contribution in [0.2, 0.25) is 0 Å². The zero-order valence-electron chi connectivity index (χ0n) is 23.1. The Morgan fingerprint density at radius 2 is 1.76 bits per heavy atom. The van der Waals surface area contributed by atoms with Crippen molar-refractivity contribution in [1.29, 1.82) is 0 Å². The fraction of sp³-hybridized carbons (Fsp3) is 0.226. The molecule has 11 heteroatoms. The second-order valence-corrected chi connectivity index (χ2v) is 12.9. The Bertz CT molecular complexity index is 1950. The maximum absolute atomic E-state index is 13.2. The maximum atomic E-state index is 13.2. The van der Waals surface area contributed by atoms with Crippen LogP contribution in [0.25, 0.3) is 28.0 Å². The molecule has 1 fully saturated rings. The summed E-state index contributed by atoms with van der Waals surface area (Å²) in [5, 5.41) is 4.45. The first-order chi connectivity index (χ1) is 20.3. The average Bonchev–Trinajstić information content (AvgIpc) is 3.53. The molecular weight excluding hydrogens is 548 g/mol. The molecule has 6 heterocycles. The number of nitrogen functional groups attached to an aromatic ring is 2. The number of aromatic nitrogens is 5. The van der Waals surface area contributed by atoms with Crippen molar-refractivity contribution in [1.82, 2.24) is 24.6 Å². The molecule has 0 radical (unpaired) electrons. The third kappa shape index (κ3) is 4.37. The van der Waals surface area contributed by atoms with E-state index >= 15 is 0 Å². The summed E-state index contributed by atoms with van der Waals surface area (Å²) in [5.41, 5.74) is 19.0. The summed E-state index contributed by atoms with van der Waals surface area (Å²) in [6, 6.07) is 17.7. The van der Waals surface area contributed by atoms with Gasteiger partial charge in [-0.05, 0) is 43.9 Å². The van der Waals surface area contributed by atoms with Crippen LogP contribution in [0.15, 0.2) is 89.9 Å². The zero-order chi connectivity index (χ0) is 29.0. The molecule has 0 saturated carbocycles. The summed E-state index contributed by atoms with van der Waals surface area (Å²) >= 11 is 0. The maximum Gasteiger partial charge on any atom is 0.180 e. The number of pyridine rings is 2. The molecule has 2 aliphatic rings. The minimum Gasteiger partial charge on any atom is -0.396 e. The number of nitrogens with zero attached hydrogens (tertiary/aromatic N) is 6. The topological polar surface area (TPSA) is 145 Å². The largest absolute Gasteiger partial charge is 0.396 e. The molecule has 0 spiro atoms. The van der Waals surface area contributed by atoms with Crippen molar-refractivity contribution in [3.8, 4) is 22.4 Å². The van der Waals surface area contributed by atoms with E-state index in [4.69, 9.17) is 16.5 Å². The van der Waals surface area contributed by atoms with Crippen molar-refractivity contribution in [2.24, 2.45) is 0 Å². The minimum atomic E-state index is -3.72. The van der Waals surface area contributed by atoms with E-state index in [0.29, 0.717) is 23.4 Å². The molecule has 42 heavy (non-hydrogen) atoms. The monoisotopic (exact) mass is 578 g/mol. The smallest absolute Gasteiger partial charge is 0.180 e. The number of sulfone groups is 1. The lowest BCUT2D eigenvalue weighted by Gasteiger charge is -2.28. The summed E-state index contributed by atoms with van der Waals surface area (Å²) in [5.74, 6) is 0.627. The Kier molecular flexibility index (Phi) is 6.19. The van der Waals surface area contributed by atoms with Crippen LogP contribution in [0.5, 0.6) is 0 Å². The van der Waals surface area contributed by atoms with E-state index in [2.05, 4.69) is 26.0 Å².